The number of hydrogen-bond acceptors (Lipinski definition) is 1. The quantitative estimate of drug-likeness (QED) is 0.246. The maximum Gasteiger partial charge on any atom is 0.0540 e. The molecule has 0 radical (unpaired) electrons. The molecule has 158 valence electrons. The summed E-state index contributed by atoms with van der Waals surface area (Å²) in [7, 11) is 0. The number of nitrogens with zero attached hydrogens (tertiary/aromatic N) is 1. The maximum atomic E-state index is 2.33. The van der Waals surface area contributed by atoms with Gasteiger partial charge in [-0.2, -0.15) is 0 Å². The average molecular weight is 424 g/mol. The van der Waals surface area contributed by atoms with Gasteiger partial charge in [0, 0.05) is 16.9 Å². The molecular weight excluding hydrogens is 398 g/mol. The summed E-state index contributed by atoms with van der Waals surface area (Å²) < 4.78 is 0. The van der Waals surface area contributed by atoms with Gasteiger partial charge in [-0.25, -0.2) is 0 Å². The Bertz CT molecular complexity index is 1320. The highest BCUT2D eigenvalue weighted by Crippen LogP contribution is 2.40. The highest BCUT2D eigenvalue weighted by atomic mass is 15.1. The fourth-order valence-corrected chi connectivity index (χ4v) is 4.03. The van der Waals surface area contributed by atoms with E-state index in [0.29, 0.717) is 0 Å². The highest BCUT2D eigenvalue weighted by molar-refractivity contribution is 5.88. The Morgan fingerprint density at radius 2 is 0.879 bits per heavy atom. The third kappa shape index (κ3) is 4.78. The number of hydrogen-bond donors (Lipinski definition) is 0. The number of para-hydroxylation sites is 2. The molecule has 33 heavy (non-hydrogen) atoms. The zero-order chi connectivity index (χ0) is 22.3. The molecule has 0 saturated heterocycles. The van der Waals surface area contributed by atoms with Crippen molar-refractivity contribution in [3.63, 3.8) is 0 Å². The van der Waals surface area contributed by atoms with Gasteiger partial charge in [0.15, 0.2) is 0 Å². The summed E-state index contributed by atoms with van der Waals surface area (Å²) in [5.74, 6) is 0. The molecule has 0 aliphatic rings. The molecule has 5 aromatic rings. The Balaban J connectivity index is 1.55. The monoisotopic (exact) mass is 423 g/mol. The van der Waals surface area contributed by atoms with Crippen LogP contribution in [0.4, 0.5) is 17.1 Å². The van der Waals surface area contributed by atoms with E-state index in [9.17, 15) is 0 Å². The van der Waals surface area contributed by atoms with E-state index in [-0.39, 0.29) is 0 Å². The summed E-state index contributed by atoms with van der Waals surface area (Å²) in [6.07, 6.45) is 4.30. The van der Waals surface area contributed by atoms with E-state index in [4.69, 9.17) is 0 Å². The molecule has 0 saturated carbocycles. The summed E-state index contributed by atoms with van der Waals surface area (Å²) in [5.41, 5.74) is 8.19. The van der Waals surface area contributed by atoms with Gasteiger partial charge in [0.1, 0.15) is 0 Å². The second-order valence-corrected chi connectivity index (χ2v) is 7.89. The first kappa shape index (κ1) is 20.5. The fraction of sp³-hybridized carbons (Fsp3) is 0. The molecule has 0 N–H and O–H groups in total. The number of benzene rings is 5. The van der Waals surface area contributed by atoms with E-state index in [2.05, 4.69) is 151 Å². The summed E-state index contributed by atoms with van der Waals surface area (Å²) >= 11 is 0. The van der Waals surface area contributed by atoms with Crippen molar-refractivity contribution in [2.75, 3.05) is 4.90 Å². The zero-order valence-electron chi connectivity index (χ0n) is 18.4. The van der Waals surface area contributed by atoms with Crippen LogP contribution in [0.15, 0.2) is 140 Å². The molecule has 1 heteroatoms. The third-order valence-corrected chi connectivity index (χ3v) is 5.66. The molecule has 5 aromatic carbocycles. The van der Waals surface area contributed by atoms with Crippen LogP contribution in [0.25, 0.3) is 23.3 Å². The van der Waals surface area contributed by atoms with Crippen molar-refractivity contribution in [2.24, 2.45) is 0 Å². The largest absolute Gasteiger partial charge is 0.310 e. The molecule has 5 rings (SSSR count). The summed E-state index contributed by atoms with van der Waals surface area (Å²) in [6, 6.07) is 48.8. The molecule has 0 spiro atoms. The summed E-state index contributed by atoms with van der Waals surface area (Å²) in [6.45, 7) is 0. The van der Waals surface area contributed by atoms with Gasteiger partial charge in [0.2, 0.25) is 0 Å². The minimum Gasteiger partial charge on any atom is -0.310 e. The Morgan fingerprint density at radius 3 is 1.55 bits per heavy atom. The van der Waals surface area contributed by atoms with E-state index in [0.717, 1.165) is 17.1 Å². The topological polar surface area (TPSA) is 3.24 Å². The van der Waals surface area contributed by atoms with E-state index in [1.165, 1.54) is 22.3 Å². The van der Waals surface area contributed by atoms with Crippen LogP contribution >= 0.6 is 0 Å². The zero-order valence-corrected chi connectivity index (χ0v) is 18.4. The van der Waals surface area contributed by atoms with Crippen molar-refractivity contribution >= 4 is 29.2 Å². The Kier molecular flexibility index (Phi) is 6.13. The minimum atomic E-state index is 1.13. The van der Waals surface area contributed by atoms with Crippen molar-refractivity contribution in [3.05, 3.63) is 151 Å². The van der Waals surface area contributed by atoms with Crippen LogP contribution in [0.3, 0.4) is 0 Å². The minimum absolute atomic E-state index is 1.13. The first-order valence-electron chi connectivity index (χ1n) is 11.2. The molecule has 0 aliphatic heterocycles. The van der Waals surface area contributed by atoms with Crippen LogP contribution in [0, 0.1) is 0 Å². The van der Waals surface area contributed by atoms with Crippen LogP contribution in [-0.2, 0) is 0 Å². The lowest BCUT2D eigenvalue weighted by Crippen LogP contribution is -2.11. The lowest BCUT2D eigenvalue weighted by Gasteiger charge is -2.28. The summed E-state index contributed by atoms with van der Waals surface area (Å²) in [4.78, 5) is 2.33. The predicted octanol–water partition coefficient (Wildman–Crippen LogP) is 8.99. The molecule has 0 amide bonds. The van der Waals surface area contributed by atoms with Gasteiger partial charge >= 0.3 is 0 Å². The van der Waals surface area contributed by atoms with Crippen LogP contribution in [0.2, 0.25) is 0 Å². The first-order valence-corrected chi connectivity index (χ1v) is 11.2. The molecule has 0 aliphatic carbocycles. The van der Waals surface area contributed by atoms with Crippen LogP contribution in [-0.4, -0.2) is 0 Å². The van der Waals surface area contributed by atoms with Gasteiger partial charge in [-0.15, -0.1) is 0 Å². The van der Waals surface area contributed by atoms with E-state index < -0.39 is 0 Å². The molecule has 0 fully saturated rings. The second kappa shape index (κ2) is 9.84. The highest BCUT2D eigenvalue weighted by Gasteiger charge is 2.16. The van der Waals surface area contributed by atoms with E-state index in [1.54, 1.807) is 0 Å². The lowest BCUT2D eigenvalue weighted by molar-refractivity contribution is 1.28. The molecule has 1 nitrogen and oxygen atoms in total. The van der Waals surface area contributed by atoms with Crippen molar-refractivity contribution in [1.82, 2.24) is 0 Å². The summed E-state index contributed by atoms with van der Waals surface area (Å²) in [5, 5.41) is 0. The molecule has 0 aromatic heterocycles. The lowest BCUT2D eigenvalue weighted by atomic mass is 10.0. The first-order chi connectivity index (χ1) is 16.4. The van der Waals surface area contributed by atoms with E-state index >= 15 is 0 Å². The number of rotatable bonds is 6. The van der Waals surface area contributed by atoms with Gasteiger partial charge in [-0.1, -0.05) is 121 Å². The van der Waals surface area contributed by atoms with E-state index in [1.807, 2.05) is 6.07 Å². The van der Waals surface area contributed by atoms with Crippen molar-refractivity contribution in [3.8, 4) is 11.1 Å². The Labute approximate surface area is 195 Å². The normalized spacial score (nSPS) is 10.9. The molecule has 0 atom stereocenters. The van der Waals surface area contributed by atoms with Gasteiger partial charge in [-0.05, 0) is 47.0 Å². The van der Waals surface area contributed by atoms with Crippen molar-refractivity contribution < 1.29 is 0 Å². The van der Waals surface area contributed by atoms with Gasteiger partial charge in [0.25, 0.3) is 0 Å². The van der Waals surface area contributed by atoms with Crippen molar-refractivity contribution in [1.29, 1.82) is 0 Å². The van der Waals surface area contributed by atoms with Gasteiger partial charge < -0.3 is 4.90 Å². The predicted molar refractivity (Wildman–Crippen MR) is 142 cm³/mol. The molecule has 0 bridgehead atoms. The Hall–Kier alpha value is -4.36. The fourth-order valence-electron chi connectivity index (χ4n) is 4.03. The molecule has 0 unspecified atom stereocenters. The van der Waals surface area contributed by atoms with Gasteiger partial charge in [-0.3, -0.25) is 0 Å². The van der Waals surface area contributed by atoms with Crippen LogP contribution in [0.1, 0.15) is 11.1 Å². The second-order valence-electron chi connectivity index (χ2n) is 7.89. The molecular formula is C32H25N. The van der Waals surface area contributed by atoms with Crippen molar-refractivity contribution in [2.45, 2.75) is 0 Å². The SMILES string of the molecule is C(=Cc1ccc(N(c2ccccc2)c2ccccc2-c2ccccc2)cc1)c1ccccc1. The Morgan fingerprint density at radius 1 is 0.394 bits per heavy atom. The number of anilines is 3. The van der Waals surface area contributed by atoms with Crippen LogP contribution < -0.4 is 4.90 Å². The third-order valence-electron chi connectivity index (χ3n) is 5.66. The van der Waals surface area contributed by atoms with Gasteiger partial charge in [0.05, 0.1) is 5.69 Å². The molecule has 0 heterocycles. The standard InChI is InChI=1S/C32H25N/c1-4-12-26(13-5-1)20-21-27-22-24-30(25-23-27)33(29-16-8-3-9-17-29)32-19-11-10-18-31(32)28-14-6-2-7-15-28/h1-25H. The van der Waals surface area contributed by atoms with Crippen LogP contribution in [0.5, 0.6) is 0 Å². The smallest absolute Gasteiger partial charge is 0.0540 e. The average Bonchev–Trinajstić information content (AvgIpc) is 2.90. The maximum absolute atomic E-state index is 2.33.